The van der Waals surface area contributed by atoms with E-state index in [9.17, 15) is 19.2 Å². The second-order valence-electron chi connectivity index (χ2n) is 3.29. The van der Waals surface area contributed by atoms with Crippen molar-refractivity contribution in [1.82, 2.24) is 0 Å². The molecule has 0 aliphatic carbocycles. The average Bonchev–Trinajstić information content (AvgIpc) is 2.15. The second-order valence-corrected chi connectivity index (χ2v) is 3.29. The van der Waals surface area contributed by atoms with Gasteiger partial charge in [0.05, 0.1) is 12.8 Å². The third kappa shape index (κ3) is 6.22. The highest BCUT2D eigenvalue weighted by molar-refractivity contribution is 5.94. The Balaban J connectivity index is 4.24. The standard InChI is InChI=1S/C8H14N4O5/c9-3(1-5(11)13)7(15)17-8(16)4(10)2-6(12)14/h3-4H,1-2,9-10H2,(H2,11,13)(H2,12,14)/t3-,4+. The van der Waals surface area contributed by atoms with E-state index in [1.54, 1.807) is 0 Å². The Morgan fingerprint density at radius 3 is 1.35 bits per heavy atom. The zero-order valence-electron chi connectivity index (χ0n) is 8.92. The van der Waals surface area contributed by atoms with Crippen LogP contribution in [-0.2, 0) is 23.9 Å². The van der Waals surface area contributed by atoms with Crippen LogP contribution in [0.25, 0.3) is 0 Å². The summed E-state index contributed by atoms with van der Waals surface area (Å²) >= 11 is 0. The average molecular weight is 246 g/mol. The number of primary amides is 2. The summed E-state index contributed by atoms with van der Waals surface area (Å²) < 4.78 is 4.23. The van der Waals surface area contributed by atoms with Crippen LogP contribution < -0.4 is 22.9 Å². The molecule has 0 aliphatic heterocycles. The maximum Gasteiger partial charge on any atom is 0.331 e. The molecule has 0 heterocycles. The molecule has 17 heavy (non-hydrogen) atoms. The fourth-order valence-corrected chi connectivity index (χ4v) is 0.851. The Labute approximate surface area is 96.4 Å². The Morgan fingerprint density at radius 1 is 0.824 bits per heavy atom. The van der Waals surface area contributed by atoms with Gasteiger partial charge in [0.2, 0.25) is 11.8 Å². The van der Waals surface area contributed by atoms with E-state index in [4.69, 9.17) is 22.9 Å². The summed E-state index contributed by atoms with van der Waals surface area (Å²) in [6, 6.07) is -2.70. The predicted molar refractivity (Wildman–Crippen MR) is 54.7 cm³/mol. The van der Waals surface area contributed by atoms with Gasteiger partial charge in [-0.2, -0.15) is 0 Å². The van der Waals surface area contributed by atoms with Crippen molar-refractivity contribution in [2.75, 3.05) is 0 Å². The molecule has 0 aliphatic rings. The van der Waals surface area contributed by atoms with E-state index < -0.39 is 48.7 Å². The van der Waals surface area contributed by atoms with Crippen LogP contribution in [0, 0.1) is 0 Å². The molecule has 0 unspecified atom stereocenters. The van der Waals surface area contributed by atoms with Crippen LogP contribution in [0.2, 0.25) is 0 Å². The van der Waals surface area contributed by atoms with Crippen LogP contribution >= 0.6 is 0 Å². The molecule has 0 saturated carbocycles. The van der Waals surface area contributed by atoms with Crippen LogP contribution in [0.1, 0.15) is 12.8 Å². The Bertz CT molecular complexity index is 311. The van der Waals surface area contributed by atoms with Gasteiger partial charge >= 0.3 is 11.9 Å². The normalized spacial score (nSPS) is 13.5. The van der Waals surface area contributed by atoms with Gasteiger partial charge in [0, 0.05) is 0 Å². The first-order valence-corrected chi connectivity index (χ1v) is 4.57. The van der Waals surface area contributed by atoms with Crippen molar-refractivity contribution in [3.05, 3.63) is 0 Å². The van der Waals surface area contributed by atoms with Crippen molar-refractivity contribution in [2.45, 2.75) is 24.9 Å². The molecule has 9 nitrogen and oxygen atoms in total. The van der Waals surface area contributed by atoms with Crippen molar-refractivity contribution in [3.8, 4) is 0 Å². The number of carbonyl (C=O) groups is 4. The lowest BCUT2D eigenvalue weighted by atomic mass is 10.2. The molecule has 2 amide bonds. The van der Waals surface area contributed by atoms with Gasteiger partial charge in [0.1, 0.15) is 12.1 Å². The first-order valence-electron chi connectivity index (χ1n) is 4.57. The van der Waals surface area contributed by atoms with Crippen molar-refractivity contribution < 1.29 is 23.9 Å². The minimum atomic E-state index is -1.35. The first kappa shape index (κ1) is 15.0. The molecule has 9 heteroatoms. The zero-order chi connectivity index (χ0) is 13.6. The van der Waals surface area contributed by atoms with Gasteiger partial charge < -0.3 is 27.7 Å². The molecular weight excluding hydrogens is 232 g/mol. The highest BCUT2D eigenvalue weighted by Gasteiger charge is 2.25. The number of hydrogen-bond acceptors (Lipinski definition) is 7. The van der Waals surface area contributed by atoms with E-state index in [0.717, 1.165) is 0 Å². The maximum absolute atomic E-state index is 11.1. The van der Waals surface area contributed by atoms with Crippen LogP contribution in [0.15, 0.2) is 0 Å². The summed E-state index contributed by atoms with van der Waals surface area (Å²) in [6.45, 7) is 0. The van der Waals surface area contributed by atoms with E-state index in [0.29, 0.717) is 0 Å². The third-order valence-corrected chi connectivity index (χ3v) is 1.65. The van der Waals surface area contributed by atoms with Gasteiger partial charge in [0.25, 0.3) is 0 Å². The number of ether oxygens (including phenoxy) is 1. The molecule has 8 N–H and O–H groups in total. The van der Waals surface area contributed by atoms with E-state index in [1.807, 2.05) is 0 Å². The van der Waals surface area contributed by atoms with Crippen molar-refractivity contribution >= 4 is 23.8 Å². The summed E-state index contributed by atoms with van der Waals surface area (Å²) in [4.78, 5) is 43.1. The number of esters is 2. The van der Waals surface area contributed by atoms with Gasteiger partial charge in [-0.15, -0.1) is 0 Å². The molecule has 0 rings (SSSR count). The fourth-order valence-electron chi connectivity index (χ4n) is 0.851. The molecule has 2 atom stereocenters. The van der Waals surface area contributed by atoms with Crippen LogP contribution in [0.5, 0.6) is 0 Å². The lowest BCUT2D eigenvalue weighted by Gasteiger charge is -2.11. The highest BCUT2D eigenvalue weighted by atomic mass is 16.6. The van der Waals surface area contributed by atoms with Gasteiger partial charge in [-0.1, -0.05) is 0 Å². The number of nitrogens with two attached hydrogens (primary N) is 4. The maximum atomic E-state index is 11.1. The van der Waals surface area contributed by atoms with Gasteiger partial charge in [-0.3, -0.25) is 9.59 Å². The summed E-state index contributed by atoms with van der Waals surface area (Å²) in [7, 11) is 0. The Kier molecular flexibility index (Phi) is 5.78. The Morgan fingerprint density at radius 2 is 1.12 bits per heavy atom. The molecule has 96 valence electrons. The molecule has 0 radical (unpaired) electrons. The zero-order valence-corrected chi connectivity index (χ0v) is 8.92. The minimum absolute atomic E-state index is 0.461. The highest BCUT2D eigenvalue weighted by Crippen LogP contribution is 1.96. The largest absolute Gasteiger partial charge is 0.391 e. The first-order chi connectivity index (χ1) is 7.73. The molecule has 0 aromatic heterocycles. The van der Waals surface area contributed by atoms with Crippen molar-refractivity contribution in [3.63, 3.8) is 0 Å². The van der Waals surface area contributed by atoms with Crippen molar-refractivity contribution in [2.24, 2.45) is 22.9 Å². The fraction of sp³-hybridized carbons (Fsp3) is 0.500. The van der Waals surface area contributed by atoms with Crippen LogP contribution in [0.4, 0.5) is 0 Å². The quantitative estimate of drug-likeness (QED) is 0.276. The van der Waals surface area contributed by atoms with E-state index in [1.165, 1.54) is 0 Å². The van der Waals surface area contributed by atoms with E-state index >= 15 is 0 Å². The monoisotopic (exact) mass is 246 g/mol. The minimum Gasteiger partial charge on any atom is -0.391 e. The van der Waals surface area contributed by atoms with E-state index in [2.05, 4.69) is 4.74 Å². The smallest absolute Gasteiger partial charge is 0.331 e. The third-order valence-electron chi connectivity index (χ3n) is 1.65. The topological polar surface area (TPSA) is 182 Å². The number of amides is 2. The summed E-state index contributed by atoms with van der Waals surface area (Å²) in [5.74, 6) is -3.92. The van der Waals surface area contributed by atoms with Gasteiger partial charge in [0.15, 0.2) is 0 Å². The lowest BCUT2D eigenvalue weighted by Crippen LogP contribution is -2.42. The van der Waals surface area contributed by atoms with Crippen LogP contribution in [-0.4, -0.2) is 35.8 Å². The molecule has 0 aromatic carbocycles. The molecule has 0 saturated heterocycles. The van der Waals surface area contributed by atoms with Gasteiger partial charge in [-0.25, -0.2) is 9.59 Å². The summed E-state index contributed by atoms with van der Waals surface area (Å²) in [6.07, 6.45) is -0.922. The molecule has 0 spiro atoms. The van der Waals surface area contributed by atoms with Crippen LogP contribution in [0.3, 0.4) is 0 Å². The summed E-state index contributed by atoms with van der Waals surface area (Å²) in [5.41, 5.74) is 20.0. The number of hydrogen-bond donors (Lipinski definition) is 4. The number of rotatable bonds is 6. The van der Waals surface area contributed by atoms with Gasteiger partial charge in [-0.05, 0) is 0 Å². The van der Waals surface area contributed by atoms with E-state index in [-0.39, 0.29) is 0 Å². The number of carbonyl (C=O) groups excluding carboxylic acids is 4. The lowest BCUT2D eigenvalue weighted by molar-refractivity contribution is -0.162. The molecule has 0 aromatic rings. The molecule has 0 bridgehead atoms. The van der Waals surface area contributed by atoms with Crippen molar-refractivity contribution in [1.29, 1.82) is 0 Å². The molecular formula is C8H14N4O5. The second kappa shape index (κ2) is 6.55. The SMILES string of the molecule is NC(=O)C[C@@H](N)C(=O)OC(=O)[C@@H](N)CC(N)=O. The molecule has 0 fully saturated rings. The Hall–Kier alpha value is -2.00. The summed E-state index contributed by atoms with van der Waals surface area (Å²) in [5, 5.41) is 0. The predicted octanol–water partition coefficient (Wildman–Crippen LogP) is -3.54.